The molecule has 1 amide bonds. The van der Waals surface area contributed by atoms with E-state index in [9.17, 15) is 9.59 Å². The molecule has 0 saturated carbocycles. The summed E-state index contributed by atoms with van der Waals surface area (Å²) in [6, 6.07) is 7.82. The summed E-state index contributed by atoms with van der Waals surface area (Å²) in [4.78, 5) is 24.0. The van der Waals surface area contributed by atoms with Crippen LogP contribution in [-0.2, 0) is 9.59 Å². The van der Waals surface area contributed by atoms with E-state index in [0.29, 0.717) is 0 Å². The standard InChI is InChI=1S/C12H11NO2S/c1-8(14)12(15)13(2)10-7-16-11-6-4-3-5-9(10)11/h3-7H,1-2H3. The third kappa shape index (κ3) is 1.72. The van der Waals surface area contributed by atoms with Crippen molar-refractivity contribution in [1.29, 1.82) is 0 Å². The third-order valence-electron chi connectivity index (χ3n) is 2.43. The van der Waals surface area contributed by atoms with E-state index in [1.165, 1.54) is 11.8 Å². The molecule has 0 N–H and O–H groups in total. The molecule has 16 heavy (non-hydrogen) atoms. The lowest BCUT2D eigenvalue weighted by molar-refractivity contribution is -0.134. The fourth-order valence-electron chi connectivity index (χ4n) is 1.57. The van der Waals surface area contributed by atoms with Gasteiger partial charge in [0.1, 0.15) is 0 Å². The zero-order valence-corrected chi connectivity index (χ0v) is 9.88. The minimum atomic E-state index is -0.483. The molecule has 2 aromatic rings. The molecule has 3 nitrogen and oxygen atoms in total. The van der Waals surface area contributed by atoms with E-state index in [-0.39, 0.29) is 0 Å². The number of hydrogen-bond donors (Lipinski definition) is 0. The van der Waals surface area contributed by atoms with Gasteiger partial charge in [0.15, 0.2) is 0 Å². The first-order valence-corrected chi connectivity index (χ1v) is 5.74. The van der Waals surface area contributed by atoms with Gasteiger partial charge < -0.3 is 4.90 Å². The number of carbonyl (C=O) groups excluding carboxylic acids is 2. The van der Waals surface area contributed by atoms with E-state index in [1.807, 2.05) is 29.6 Å². The average Bonchev–Trinajstić information content (AvgIpc) is 2.70. The van der Waals surface area contributed by atoms with Crippen LogP contribution in [0.5, 0.6) is 0 Å². The molecule has 0 aliphatic heterocycles. The van der Waals surface area contributed by atoms with Crippen molar-refractivity contribution >= 4 is 38.8 Å². The molecule has 1 heterocycles. The Bertz CT molecular complexity index is 559. The van der Waals surface area contributed by atoms with Crippen molar-refractivity contribution in [3.63, 3.8) is 0 Å². The van der Waals surface area contributed by atoms with E-state index in [4.69, 9.17) is 0 Å². The molecule has 0 aliphatic rings. The van der Waals surface area contributed by atoms with Crippen LogP contribution in [0.3, 0.4) is 0 Å². The number of hydrogen-bond acceptors (Lipinski definition) is 3. The Kier molecular flexibility index (Phi) is 2.75. The highest BCUT2D eigenvalue weighted by atomic mass is 32.1. The Morgan fingerprint density at radius 2 is 1.94 bits per heavy atom. The molecule has 1 aromatic carbocycles. The number of benzene rings is 1. The number of thiophene rings is 1. The Labute approximate surface area is 97.3 Å². The Balaban J connectivity index is 2.48. The van der Waals surface area contributed by atoms with Gasteiger partial charge >= 0.3 is 0 Å². The molecule has 2 rings (SSSR count). The minimum absolute atomic E-state index is 0.446. The maximum Gasteiger partial charge on any atom is 0.293 e. The quantitative estimate of drug-likeness (QED) is 0.747. The van der Waals surface area contributed by atoms with Gasteiger partial charge in [-0.25, -0.2) is 0 Å². The van der Waals surface area contributed by atoms with E-state index < -0.39 is 11.7 Å². The zero-order chi connectivity index (χ0) is 11.7. The van der Waals surface area contributed by atoms with E-state index >= 15 is 0 Å². The Morgan fingerprint density at radius 1 is 1.25 bits per heavy atom. The van der Waals surface area contributed by atoms with Gasteiger partial charge in [0.2, 0.25) is 5.78 Å². The molecule has 0 aliphatic carbocycles. The number of Topliss-reactive ketones (excluding diaryl/α,β-unsaturated/α-hetero) is 1. The van der Waals surface area contributed by atoms with Crippen LogP contribution in [0.25, 0.3) is 10.1 Å². The summed E-state index contributed by atoms with van der Waals surface area (Å²) >= 11 is 1.57. The number of ketones is 1. The second-order valence-electron chi connectivity index (χ2n) is 3.54. The molecule has 0 radical (unpaired) electrons. The van der Waals surface area contributed by atoms with Crippen LogP contribution in [0.4, 0.5) is 5.69 Å². The van der Waals surface area contributed by atoms with Crippen molar-refractivity contribution in [2.24, 2.45) is 0 Å². The van der Waals surface area contributed by atoms with Crippen LogP contribution in [0.1, 0.15) is 6.92 Å². The maximum absolute atomic E-state index is 11.6. The largest absolute Gasteiger partial charge is 0.307 e. The van der Waals surface area contributed by atoms with Crippen LogP contribution in [0.15, 0.2) is 29.6 Å². The third-order valence-corrected chi connectivity index (χ3v) is 3.38. The smallest absolute Gasteiger partial charge is 0.293 e. The SMILES string of the molecule is CC(=O)C(=O)N(C)c1csc2ccccc12. The van der Waals surface area contributed by atoms with Crippen molar-refractivity contribution in [2.75, 3.05) is 11.9 Å². The topological polar surface area (TPSA) is 37.4 Å². The second kappa shape index (κ2) is 4.06. The van der Waals surface area contributed by atoms with Crippen molar-refractivity contribution in [3.05, 3.63) is 29.6 Å². The van der Waals surface area contributed by atoms with Crippen molar-refractivity contribution in [3.8, 4) is 0 Å². The van der Waals surface area contributed by atoms with Gasteiger partial charge in [-0.15, -0.1) is 11.3 Å². The molecule has 0 unspecified atom stereocenters. The predicted octanol–water partition coefficient (Wildman–Crippen LogP) is 2.45. The molecule has 0 bridgehead atoms. The lowest BCUT2D eigenvalue weighted by atomic mass is 10.2. The first kappa shape index (κ1) is 10.8. The van der Waals surface area contributed by atoms with Crippen LogP contribution in [0.2, 0.25) is 0 Å². The summed E-state index contributed by atoms with van der Waals surface area (Å²) in [7, 11) is 1.62. The summed E-state index contributed by atoms with van der Waals surface area (Å²) in [5, 5.41) is 2.90. The van der Waals surface area contributed by atoms with Gasteiger partial charge in [0, 0.05) is 29.4 Å². The molecule has 4 heteroatoms. The predicted molar refractivity (Wildman–Crippen MR) is 65.9 cm³/mol. The molecule has 1 aromatic heterocycles. The van der Waals surface area contributed by atoms with Gasteiger partial charge in [-0.1, -0.05) is 18.2 Å². The molecular formula is C12H11NO2S. The fourth-order valence-corrected chi connectivity index (χ4v) is 2.55. The van der Waals surface area contributed by atoms with Gasteiger partial charge in [-0.05, 0) is 6.07 Å². The monoisotopic (exact) mass is 233 g/mol. The van der Waals surface area contributed by atoms with Crippen LogP contribution >= 0.6 is 11.3 Å². The molecular weight excluding hydrogens is 222 g/mol. The summed E-state index contributed by atoms with van der Waals surface area (Å²) < 4.78 is 1.11. The van der Waals surface area contributed by atoms with Crippen LogP contribution < -0.4 is 4.90 Å². The minimum Gasteiger partial charge on any atom is -0.307 e. The van der Waals surface area contributed by atoms with Crippen molar-refractivity contribution < 1.29 is 9.59 Å². The highest BCUT2D eigenvalue weighted by Crippen LogP contribution is 2.32. The molecule has 0 fully saturated rings. The van der Waals surface area contributed by atoms with Crippen LogP contribution in [0, 0.1) is 0 Å². The molecule has 0 atom stereocenters. The first-order valence-electron chi connectivity index (χ1n) is 4.86. The van der Waals surface area contributed by atoms with E-state index in [0.717, 1.165) is 15.8 Å². The molecule has 82 valence electrons. The average molecular weight is 233 g/mol. The van der Waals surface area contributed by atoms with Gasteiger partial charge in [-0.2, -0.15) is 0 Å². The van der Waals surface area contributed by atoms with E-state index in [2.05, 4.69) is 0 Å². The van der Waals surface area contributed by atoms with E-state index in [1.54, 1.807) is 18.4 Å². The number of likely N-dealkylation sites (N-methyl/N-ethyl adjacent to an activating group) is 1. The number of anilines is 1. The van der Waals surface area contributed by atoms with Crippen molar-refractivity contribution in [1.82, 2.24) is 0 Å². The number of amides is 1. The summed E-state index contributed by atoms with van der Waals surface area (Å²) in [5.41, 5.74) is 0.792. The first-order chi connectivity index (χ1) is 7.61. The summed E-state index contributed by atoms with van der Waals surface area (Å²) in [5.74, 6) is -0.929. The normalized spacial score (nSPS) is 10.4. The highest BCUT2D eigenvalue weighted by Gasteiger charge is 2.18. The number of nitrogens with zero attached hydrogens (tertiary/aromatic N) is 1. The van der Waals surface area contributed by atoms with Gasteiger partial charge in [0.05, 0.1) is 5.69 Å². The zero-order valence-electron chi connectivity index (χ0n) is 9.06. The van der Waals surface area contributed by atoms with Gasteiger partial charge in [-0.3, -0.25) is 9.59 Å². The fraction of sp³-hybridized carbons (Fsp3) is 0.167. The lowest BCUT2D eigenvalue weighted by Crippen LogP contribution is -2.31. The summed E-state index contributed by atoms with van der Waals surface area (Å²) in [6.07, 6.45) is 0. The Morgan fingerprint density at radius 3 is 2.62 bits per heavy atom. The maximum atomic E-state index is 11.6. The summed E-state index contributed by atoms with van der Waals surface area (Å²) in [6.45, 7) is 1.29. The number of rotatable bonds is 2. The Hall–Kier alpha value is -1.68. The number of carbonyl (C=O) groups is 2. The molecule has 0 spiro atoms. The van der Waals surface area contributed by atoms with Crippen LogP contribution in [-0.4, -0.2) is 18.7 Å². The molecule has 0 saturated heterocycles. The van der Waals surface area contributed by atoms with Gasteiger partial charge in [0.25, 0.3) is 5.91 Å². The van der Waals surface area contributed by atoms with Crippen molar-refractivity contribution in [2.45, 2.75) is 6.92 Å². The number of fused-ring (bicyclic) bond motifs is 1. The lowest BCUT2D eigenvalue weighted by Gasteiger charge is -2.14. The highest BCUT2D eigenvalue weighted by molar-refractivity contribution is 7.17. The second-order valence-corrected chi connectivity index (χ2v) is 4.45.